The van der Waals surface area contributed by atoms with Crippen molar-refractivity contribution >= 4 is 35.3 Å². The average Bonchev–Trinajstić information content (AvgIpc) is 3.22. The molecule has 3 amide bonds. The Bertz CT molecular complexity index is 677. The number of hydrogen-bond donors (Lipinski definition) is 2. The zero-order valence-corrected chi connectivity index (χ0v) is 12.8. The zero-order chi connectivity index (χ0) is 16.5. The molecule has 23 heavy (non-hydrogen) atoms. The number of esters is 1. The normalized spacial score (nSPS) is 10.4. The molecule has 0 saturated heterocycles. The van der Waals surface area contributed by atoms with Crippen LogP contribution in [0.5, 0.6) is 0 Å². The number of ether oxygens (including phenoxy) is 1. The number of carbonyl (C=O) groups excluding carboxylic acids is 3. The molecule has 0 bridgehead atoms. The molecule has 2 heterocycles. The SMILES string of the molecule is O=C(COC(=O)/C=C/c1ccsc1)NC(=O)NCc1ccco1. The van der Waals surface area contributed by atoms with E-state index in [0.717, 1.165) is 5.56 Å². The summed E-state index contributed by atoms with van der Waals surface area (Å²) in [7, 11) is 0. The van der Waals surface area contributed by atoms with Crippen LogP contribution in [0.25, 0.3) is 6.08 Å². The molecule has 0 aromatic carbocycles. The van der Waals surface area contributed by atoms with Gasteiger partial charge in [0.15, 0.2) is 6.61 Å². The van der Waals surface area contributed by atoms with Gasteiger partial charge in [-0.1, -0.05) is 0 Å². The van der Waals surface area contributed by atoms with Crippen LogP contribution < -0.4 is 10.6 Å². The molecule has 0 spiro atoms. The van der Waals surface area contributed by atoms with Crippen molar-refractivity contribution in [1.82, 2.24) is 10.6 Å². The van der Waals surface area contributed by atoms with Crippen molar-refractivity contribution in [2.45, 2.75) is 6.54 Å². The minimum atomic E-state index is -0.723. The van der Waals surface area contributed by atoms with Crippen LogP contribution in [-0.4, -0.2) is 24.5 Å². The second-order valence-corrected chi connectivity index (χ2v) is 5.09. The van der Waals surface area contributed by atoms with Gasteiger partial charge in [-0.2, -0.15) is 11.3 Å². The highest BCUT2D eigenvalue weighted by atomic mass is 32.1. The van der Waals surface area contributed by atoms with Crippen molar-refractivity contribution in [2.24, 2.45) is 0 Å². The predicted octanol–water partition coefficient (Wildman–Crippen LogP) is 1.92. The van der Waals surface area contributed by atoms with Gasteiger partial charge in [-0.25, -0.2) is 9.59 Å². The fourth-order valence-corrected chi connectivity index (χ4v) is 2.13. The summed E-state index contributed by atoms with van der Waals surface area (Å²) in [5, 5.41) is 8.20. The highest BCUT2D eigenvalue weighted by Gasteiger charge is 2.09. The van der Waals surface area contributed by atoms with Crippen molar-refractivity contribution in [1.29, 1.82) is 0 Å². The molecule has 0 aliphatic rings. The third kappa shape index (κ3) is 6.18. The van der Waals surface area contributed by atoms with Crippen molar-refractivity contribution in [3.63, 3.8) is 0 Å². The molecule has 120 valence electrons. The number of carbonyl (C=O) groups is 3. The standard InChI is InChI=1S/C15H14N2O5S/c18-13(17-15(20)16-8-12-2-1-6-21-12)9-22-14(19)4-3-11-5-7-23-10-11/h1-7,10H,8-9H2,(H2,16,17,18,20)/b4-3+. The summed E-state index contributed by atoms with van der Waals surface area (Å²) < 4.78 is 9.74. The number of amides is 3. The third-order valence-corrected chi connectivity index (χ3v) is 3.26. The quantitative estimate of drug-likeness (QED) is 0.621. The van der Waals surface area contributed by atoms with Gasteiger partial charge in [0, 0.05) is 6.08 Å². The van der Waals surface area contributed by atoms with Gasteiger partial charge in [0.1, 0.15) is 5.76 Å². The number of urea groups is 1. The monoisotopic (exact) mass is 334 g/mol. The molecule has 0 atom stereocenters. The first-order valence-corrected chi connectivity index (χ1v) is 7.55. The molecule has 0 unspecified atom stereocenters. The summed E-state index contributed by atoms with van der Waals surface area (Å²) in [6, 6.07) is 4.51. The lowest BCUT2D eigenvalue weighted by atomic mass is 10.3. The largest absolute Gasteiger partial charge is 0.467 e. The summed E-state index contributed by atoms with van der Waals surface area (Å²) in [4.78, 5) is 34.3. The van der Waals surface area contributed by atoms with E-state index >= 15 is 0 Å². The molecule has 2 N–H and O–H groups in total. The van der Waals surface area contributed by atoms with Gasteiger partial charge in [0.25, 0.3) is 5.91 Å². The summed E-state index contributed by atoms with van der Waals surface area (Å²) in [5.74, 6) is -0.834. The van der Waals surface area contributed by atoms with Crippen LogP contribution in [0.4, 0.5) is 4.79 Å². The Morgan fingerprint density at radius 1 is 1.30 bits per heavy atom. The molecular weight excluding hydrogens is 320 g/mol. The zero-order valence-electron chi connectivity index (χ0n) is 12.0. The second kappa shape index (κ2) is 8.54. The van der Waals surface area contributed by atoms with Gasteiger partial charge in [-0.3, -0.25) is 10.1 Å². The average molecular weight is 334 g/mol. The van der Waals surface area contributed by atoms with Gasteiger partial charge in [0.2, 0.25) is 0 Å². The van der Waals surface area contributed by atoms with Gasteiger partial charge in [-0.15, -0.1) is 0 Å². The maximum Gasteiger partial charge on any atom is 0.331 e. The number of nitrogens with one attached hydrogen (secondary N) is 2. The van der Waals surface area contributed by atoms with Crippen molar-refractivity contribution in [3.8, 4) is 0 Å². The minimum absolute atomic E-state index is 0.148. The first kappa shape index (κ1) is 16.5. The molecule has 2 aromatic heterocycles. The number of imide groups is 1. The van der Waals surface area contributed by atoms with Crippen molar-refractivity contribution in [2.75, 3.05) is 6.61 Å². The van der Waals surface area contributed by atoms with Gasteiger partial charge in [-0.05, 0) is 40.6 Å². The highest BCUT2D eigenvalue weighted by molar-refractivity contribution is 7.08. The van der Waals surface area contributed by atoms with E-state index in [2.05, 4.69) is 5.32 Å². The maximum atomic E-state index is 11.5. The van der Waals surface area contributed by atoms with E-state index in [4.69, 9.17) is 9.15 Å². The van der Waals surface area contributed by atoms with E-state index in [1.807, 2.05) is 22.1 Å². The van der Waals surface area contributed by atoms with E-state index in [9.17, 15) is 14.4 Å². The molecule has 0 aliphatic carbocycles. The predicted molar refractivity (Wildman–Crippen MR) is 83.4 cm³/mol. The van der Waals surface area contributed by atoms with Crippen molar-refractivity contribution < 1.29 is 23.5 Å². The van der Waals surface area contributed by atoms with Crippen LogP contribution in [0.3, 0.4) is 0 Å². The molecule has 8 heteroatoms. The minimum Gasteiger partial charge on any atom is -0.467 e. The number of thiophene rings is 1. The molecule has 0 fully saturated rings. The van der Waals surface area contributed by atoms with E-state index in [0.29, 0.717) is 5.76 Å². The Balaban J connectivity index is 1.64. The molecule has 0 aliphatic heterocycles. The van der Waals surface area contributed by atoms with Crippen LogP contribution in [0.1, 0.15) is 11.3 Å². The topological polar surface area (TPSA) is 97.6 Å². The molecule has 0 saturated carbocycles. The first-order chi connectivity index (χ1) is 11.1. The van der Waals surface area contributed by atoms with E-state index in [-0.39, 0.29) is 6.54 Å². The van der Waals surface area contributed by atoms with Crippen LogP contribution in [0, 0.1) is 0 Å². The molecule has 7 nitrogen and oxygen atoms in total. The van der Waals surface area contributed by atoms with Gasteiger partial charge in [0.05, 0.1) is 12.8 Å². The lowest BCUT2D eigenvalue weighted by Crippen LogP contribution is -2.41. The summed E-state index contributed by atoms with van der Waals surface area (Å²) in [6.07, 6.45) is 4.27. The Morgan fingerprint density at radius 3 is 2.87 bits per heavy atom. The third-order valence-electron chi connectivity index (χ3n) is 2.56. The van der Waals surface area contributed by atoms with Crippen molar-refractivity contribution in [3.05, 3.63) is 52.6 Å². The summed E-state index contributed by atoms with van der Waals surface area (Å²) in [5.41, 5.74) is 0.869. The first-order valence-electron chi connectivity index (χ1n) is 6.60. The lowest BCUT2D eigenvalue weighted by Gasteiger charge is -2.05. The van der Waals surface area contributed by atoms with E-state index in [1.165, 1.54) is 23.7 Å². The number of rotatable bonds is 6. The Hall–Kier alpha value is -2.87. The van der Waals surface area contributed by atoms with E-state index < -0.39 is 24.5 Å². The lowest BCUT2D eigenvalue weighted by molar-refractivity contribution is -0.143. The van der Waals surface area contributed by atoms with Crippen LogP contribution in [-0.2, 0) is 20.9 Å². The Morgan fingerprint density at radius 2 is 2.17 bits per heavy atom. The fraction of sp³-hybridized carbons (Fsp3) is 0.133. The molecule has 2 aromatic rings. The molecular formula is C15H14N2O5S. The van der Waals surface area contributed by atoms with Gasteiger partial charge < -0.3 is 14.5 Å². The summed E-state index contributed by atoms with van der Waals surface area (Å²) >= 11 is 1.50. The maximum absolute atomic E-state index is 11.5. The number of furan rings is 1. The van der Waals surface area contributed by atoms with Crippen LogP contribution in [0.15, 0.2) is 45.7 Å². The van der Waals surface area contributed by atoms with Gasteiger partial charge >= 0.3 is 12.0 Å². The van der Waals surface area contributed by atoms with Crippen LogP contribution >= 0.6 is 11.3 Å². The smallest absolute Gasteiger partial charge is 0.331 e. The number of hydrogen-bond acceptors (Lipinski definition) is 6. The van der Waals surface area contributed by atoms with E-state index in [1.54, 1.807) is 18.2 Å². The van der Waals surface area contributed by atoms with Crippen LogP contribution in [0.2, 0.25) is 0 Å². The summed E-state index contributed by atoms with van der Waals surface area (Å²) in [6.45, 7) is -0.393. The fourth-order valence-electron chi connectivity index (χ4n) is 1.51. The Kier molecular flexibility index (Phi) is 6.13. The molecule has 0 radical (unpaired) electrons. The second-order valence-electron chi connectivity index (χ2n) is 4.31. The Labute approximate surface area is 135 Å². The molecule has 2 rings (SSSR count). The highest BCUT2D eigenvalue weighted by Crippen LogP contribution is 2.07.